The molecule has 0 saturated heterocycles. The molecule has 0 aromatic carbocycles. The molecule has 3 aromatic rings. The normalized spacial score (nSPS) is 16.7. The van der Waals surface area contributed by atoms with Gasteiger partial charge in [-0.25, -0.2) is 0 Å². The molecule has 3 heterocycles. The van der Waals surface area contributed by atoms with Crippen molar-refractivity contribution in [2.75, 3.05) is 6.54 Å². The Kier molecular flexibility index (Phi) is 3.74. The van der Waals surface area contributed by atoms with Gasteiger partial charge in [0.15, 0.2) is 5.69 Å². The summed E-state index contributed by atoms with van der Waals surface area (Å²) in [6.07, 6.45) is 5.13. The molecule has 24 heavy (non-hydrogen) atoms. The standard InChI is InChI=1S/C17H16N2O4S/c20-16(13-8-14(23-19-13)11-3-4-11)18-10-17(21,12-5-6-22-9-12)15-2-1-7-24-15/h1-2,5-9,11,21H,3-4,10H2,(H,18,20)/t17-/m1/s1. The van der Waals surface area contributed by atoms with Gasteiger partial charge in [-0.2, -0.15) is 0 Å². The lowest BCUT2D eigenvalue weighted by molar-refractivity contribution is 0.0709. The first-order valence-electron chi connectivity index (χ1n) is 7.70. The van der Waals surface area contributed by atoms with Crippen molar-refractivity contribution in [3.63, 3.8) is 0 Å². The van der Waals surface area contributed by atoms with Gasteiger partial charge >= 0.3 is 0 Å². The monoisotopic (exact) mass is 344 g/mol. The first-order chi connectivity index (χ1) is 11.7. The van der Waals surface area contributed by atoms with E-state index in [1.54, 1.807) is 12.1 Å². The van der Waals surface area contributed by atoms with Gasteiger partial charge in [-0.15, -0.1) is 11.3 Å². The molecule has 7 heteroatoms. The minimum absolute atomic E-state index is 0.0114. The van der Waals surface area contributed by atoms with Crippen molar-refractivity contribution in [3.8, 4) is 0 Å². The van der Waals surface area contributed by atoms with Crippen molar-refractivity contribution in [3.05, 3.63) is 64.1 Å². The van der Waals surface area contributed by atoms with E-state index in [9.17, 15) is 9.90 Å². The molecular weight excluding hydrogens is 328 g/mol. The summed E-state index contributed by atoms with van der Waals surface area (Å²) in [6, 6.07) is 7.04. The molecule has 4 rings (SSSR count). The lowest BCUT2D eigenvalue weighted by Crippen LogP contribution is -2.41. The second-order valence-electron chi connectivity index (χ2n) is 5.92. The van der Waals surface area contributed by atoms with Gasteiger partial charge in [0.1, 0.15) is 11.4 Å². The fourth-order valence-electron chi connectivity index (χ4n) is 2.60. The van der Waals surface area contributed by atoms with Gasteiger partial charge in [-0.05, 0) is 30.4 Å². The Morgan fingerprint density at radius 2 is 2.33 bits per heavy atom. The third kappa shape index (κ3) is 2.76. The predicted molar refractivity (Wildman–Crippen MR) is 86.8 cm³/mol. The summed E-state index contributed by atoms with van der Waals surface area (Å²) >= 11 is 1.41. The molecule has 2 N–H and O–H groups in total. The first kappa shape index (κ1) is 15.2. The Balaban J connectivity index is 1.51. The van der Waals surface area contributed by atoms with Crippen LogP contribution in [-0.4, -0.2) is 22.7 Å². The molecule has 1 amide bonds. The Hall–Kier alpha value is -2.38. The van der Waals surface area contributed by atoms with Crippen LogP contribution in [0.4, 0.5) is 0 Å². The maximum absolute atomic E-state index is 12.3. The largest absolute Gasteiger partial charge is 0.472 e. The molecule has 124 valence electrons. The molecule has 0 aliphatic heterocycles. The predicted octanol–water partition coefficient (Wildman–Crippen LogP) is 2.87. The molecule has 1 atom stereocenters. The smallest absolute Gasteiger partial charge is 0.273 e. The Morgan fingerprint density at radius 3 is 3.00 bits per heavy atom. The lowest BCUT2D eigenvalue weighted by atomic mass is 9.94. The highest BCUT2D eigenvalue weighted by Gasteiger charge is 2.35. The van der Waals surface area contributed by atoms with Gasteiger partial charge in [0.2, 0.25) is 0 Å². The summed E-state index contributed by atoms with van der Waals surface area (Å²) < 4.78 is 10.3. The van der Waals surface area contributed by atoms with Crippen molar-refractivity contribution in [2.24, 2.45) is 0 Å². The van der Waals surface area contributed by atoms with Crippen LogP contribution in [0.3, 0.4) is 0 Å². The third-order valence-corrected chi connectivity index (χ3v) is 5.19. The van der Waals surface area contributed by atoms with Crippen molar-refractivity contribution < 1.29 is 18.8 Å². The quantitative estimate of drug-likeness (QED) is 0.718. The van der Waals surface area contributed by atoms with Crippen LogP contribution >= 0.6 is 11.3 Å². The molecule has 1 saturated carbocycles. The van der Waals surface area contributed by atoms with Gasteiger partial charge in [-0.1, -0.05) is 11.2 Å². The second kappa shape index (κ2) is 5.92. The lowest BCUT2D eigenvalue weighted by Gasteiger charge is -2.26. The van der Waals surface area contributed by atoms with Crippen molar-refractivity contribution in [2.45, 2.75) is 24.4 Å². The Bertz CT molecular complexity index is 785. The third-order valence-electron chi connectivity index (χ3n) is 4.17. The number of amides is 1. The van der Waals surface area contributed by atoms with Crippen LogP contribution in [0, 0.1) is 0 Å². The van der Waals surface area contributed by atoms with E-state index in [4.69, 9.17) is 8.94 Å². The number of hydrogen-bond donors (Lipinski definition) is 2. The fourth-order valence-corrected chi connectivity index (χ4v) is 3.45. The second-order valence-corrected chi connectivity index (χ2v) is 6.87. The SMILES string of the molecule is O=C(NC[C@@](O)(c1ccoc1)c1cccs1)c1cc(C2CC2)on1. The van der Waals surface area contributed by atoms with Gasteiger partial charge < -0.3 is 19.4 Å². The van der Waals surface area contributed by atoms with E-state index >= 15 is 0 Å². The van der Waals surface area contributed by atoms with Crippen molar-refractivity contribution >= 4 is 17.2 Å². The molecule has 0 spiro atoms. The maximum atomic E-state index is 12.3. The van der Waals surface area contributed by atoms with Gasteiger partial charge in [-0.3, -0.25) is 4.79 Å². The van der Waals surface area contributed by atoms with E-state index in [2.05, 4.69) is 10.5 Å². The molecule has 1 aliphatic carbocycles. The van der Waals surface area contributed by atoms with Gasteiger partial charge in [0, 0.05) is 22.4 Å². The summed E-state index contributed by atoms with van der Waals surface area (Å²) in [4.78, 5) is 13.0. The molecule has 3 aromatic heterocycles. The Morgan fingerprint density at radius 1 is 1.46 bits per heavy atom. The number of rotatable bonds is 6. The summed E-state index contributed by atoms with van der Waals surface area (Å²) in [5.41, 5.74) is -0.526. The first-order valence-corrected chi connectivity index (χ1v) is 8.58. The average molecular weight is 344 g/mol. The summed E-state index contributed by atoms with van der Waals surface area (Å²) in [5, 5.41) is 19.6. The number of aliphatic hydroxyl groups is 1. The van der Waals surface area contributed by atoms with Crippen LogP contribution in [0.2, 0.25) is 0 Å². The highest BCUT2D eigenvalue weighted by Crippen LogP contribution is 2.40. The average Bonchev–Trinajstić information content (AvgIpc) is 3.12. The van der Waals surface area contributed by atoms with Crippen LogP contribution in [0.15, 0.2) is 51.1 Å². The van der Waals surface area contributed by atoms with Crippen LogP contribution in [-0.2, 0) is 5.60 Å². The van der Waals surface area contributed by atoms with Gasteiger partial charge in [0.25, 0.3) is 5.91 Å². The minimum atomic E-state index is -1.35. The molecule has 6 nitrogen and oxygen atoms in total. The zero-order chi connectivity index (χ0) is 16.6. The molecular formula is C17H16N2O4S. The zero-order valence-electron chi connectivity index (χ0n) is 12.8. The summed E-state index contributed by atoms with van der Waals surface area (Å²) in [7, 11) is 0. The molecule has 0 bridgehead atoms. The van der Waals surface area contributed by atoms with E-state index in [1.807, 2.05) is 17.5 Å². The van der Waals surface area contributed by atoms with Crippen LogP contribution in [0.5, 0.6) is 0 Å². The number of carbonyl (C=O) groups excluding carboxylic acids is 1. The maximum Gasteiger partial charge on any atom is 0.273 e. The highest BCUT2D eigenvalue weighted by molar-refractivity contribution is 7.10. The Labute approximate surface area is 142 Å². The molecule has 0 radical (unpaired) electrons. The summed E-state index contributed by atoms with van der Waals surface area (Å²) in [6.45, 7) is 0.0114. The number of furan rings is 1. The van der Waals surface area contributed by atoms with E-state index in [0.717, 1.165) is 23.5 Å². The van der Waals surface area contributed by atoms with E-state index in [1.165, 1.54) is 23.9 Å². The number of nitrogens with zero attached hydrogens (tertiary/aromatic N) is 1. The van der Waals surface area contributed by atoms with Crippen LogP contribution in [0.25, 0.3) is 0 Å². The number of thiophene rings is 1. The number of carbonyl (C=O) groups is 1. The van der Waals surface area contributed by atoms with Crippen LogP contribution < -0.4 is 5.32 Å². The van der Waals surface area contributed by atoms with E-state index in [0.29, 0.717) is 11.5 Å². The van der Waals surface area contributed by atoms with E-state index in [-0.39, 0.29) is 18.1 Å². The fraction of sp³-hybridized carbons (Fsp3) is 0.294. The summed E-state index contributed by atoms with van der Waals surface area (Å²) in [5.74, 6) is 0.778. The topological polar surface area (TPSA) is 88.5 Å². The zero-order valence-corrected chi connectivity index (χ0v) is 13.6. The van der Waals surface area contributed by atoms with Crippen molar-refractivity contribution in [1.29, 1.82) is 0 Å². The van der Waals surface area contributed by atoms with Gasteiger partial charge in [0.05, 0.1) is 19.1 Å². The number of nitrogens with one attached hydrogen (secondary N) is 1. The molecule has 0 unspecified atom stereocenters. The molecule has 1 fully saturated rings. The van der Waals surface area contributed by atoms with Crippen LogP contribution in [0.1, 0.15) is 45.4 Å². The molecule has 1 aliphatic rings. The number of aromatic nitrogens is 1. The number of hydrogen-bond acceptors (Lipinski definition) is 6. The minimum Gasteiger partial charge on any atom is -0.472 e. The van der Waals surface area contributed by atoms with E-state index < -0.39 is 5.60 Å². The highest BCUT2D eigenvalue weighted by atomic mass is 32.1. The van der Waals surface area contributed by atoms with Crippen molar-refractivity contribution in [1.82, 2.24) is 10.5 Å².